The highest BCUT2D eigenvalue weighted by Gasteiger charge is 2.37. The van der Waals surface area contributed by atoms with Crippen LogP contribution in [-0.2, 0) is 6.18 Å². The number of hydrogen-bond donors (Lipinski definition) is 0. The molecule has 2 rings (SSSR count). The van der Waals surface area contributed by atoms with E-state index in [1.807, 2.05) is 0 Å². The number of benzene rings is 2. The summed E-state index contributed by atoms with van der Waals surface area (Å²) in [6.45, 7) is 0. The van der Waals surface area contributed by atoms with Crippen LogP contribution in [0.15, 0.2) is 42.5 Å². The first-order valence-electron chi connectivity index (χ1n) is 6.24. The molecule has 0 spiro atoms. The molecule has 0 aliphatic heterocycles. The Kier molecular flexibility index (Phi) is 4.31. The Morgan fingerprint density at radius 2 is 1.74 bits per heavy atom. The van der Waals surface area contributed by atoms with E-state index in [9.17, 15) is 32.9 Å². The molecule has 0 amide bonds. The minimum Gasteiger partial charge on any atom is -0.258 e. The fourth-order valence-corrected chi connectivity index (χ4v) is 2.13. The Labute approximate surface area is 127 Å². The third-order valence-electron chi connectivity index (χ3n) is 3.20. The van der Waals surface area contributed by atoms with E-state index < -0.39 is 39.6 Å². The van der Waals surface area contributed by atoms with Crippen molar-refractivity contribution in [2.24, 2.45) is 0 Å². The van der Waals surface area contributed by atoms with E-state index in [1.165, 1.54) is 12.1 Å². The van der Waals surface area contributed by atoms with Gasteiger partial charge in [-0.1, -0.05) is 12.1 Å². The predicted molar refractivity (Wildman–Crippen MR) is 72.0 cm³/mol. The number of alkyl halides is 3. The highest BCUT2D eigenvalue weighted by Crippen LogP contribution is 2.39. The van der Waals surface area contributed by atoms with Crippen LogP contribution in [0.25, 0.3) is 0 Å². The van der Waals surface area contributed by atoms with Gasteiger partial charge in [0.2, 0.25) is 0 Å². The van der Waals surface area contributed by atoms with Gasteiger partial charge in [0.05, 0.1) is 22.5 Å². The van der Waals surface area contributed by atoms with Gasteiger partial charge in [-0.2, -0.15) is 18.4 Å². The van der Waals surface area contributed by atoms with Gasteiger partial charge in [0, 0.05) is 12.1 Å². The highest BCUT2D eigenvalue weighted by atomic mass is 19.4. The molecular formula is C15H8F4N2O2. The van der Waals surface area contributed by atoms with Crippen LogP contribution in [0.4, 0.5) is 23.2 Å². The van der Waals surface area contributed by atoms with Gasteiger partial charge in [-0.3, -0.25) is 10.1 Å². The van der Waals surface area contributed by atoms with Crippen molar-refractivity contribution in [3.63, 3.8) is 0 Å². The van der Waals surface area contributed by atoms with E-state index in [0.29, 0.717) is 6.07 Å². The SMILES string of the molecule is N#CC(c1ccc(F)cc1)c1ccc([N+](=O)[O-])cc1C(F)(F)F. The van der Waals surface area contributed by atoms with Gasteiger partial charge in [-0.15, -0.1) is 0 Å². The first-order valence-corrected chi connectivity index (χ1v) is 6.24. The lowest BCUT2D eigenvalue weighted by molar-refractivity contribution is -0.385. The number of nitro groups is 1. The normalized spacial score (nSPS) is 12.5. The van der Waals surface area contributed by atoms with Crippen molar-refractivity contribution in [2.45, 2.75) is 12.1 Å². The largest absolute Gasteiger partial charge is 0.416 e. The van der Waals surface area contributed by atoms with Gasteiger partial charge >= 0.3 is 6.18 Å². The highest BCUT2D eigenvalue weighted by molar-refractivity contribution is 5.48. The summed E-state index contributed by atoms with van der Waals surface area (Å²) in [6.07, 6.45) is -4.86. The molecular weight excluding hydrogens is 316 g/mol. The Bertz CT molecular complexity index is 780. The lowest BCUT2D eigenvalue weighted by Gasteiger charge is -2.17. The monoisotopic (exact) mass is 324 g/mol. The lowest BCUT2D eigenvalue weighted by atomic mass is 9.88. The number of nitrogens with zero attached hydrogens (tertiary/aromatic N) is 2. The van der Waals surface area contributed by atoms with Crippen LogP contribution >= 0.6 is 0 Å². The third-order valence-corrected chi connectivity index (χ3v) is 3.20. The van der Waals surface area contributed by atoms with Crippen molar-refractivity contribution in [3.05, 3.63) is 75.1 Å². The van der Waals surface area contributed by atoms with Crippen LogP contribution < -0.4 is 0 Å². The standard InChI is InChI=1S/C15H8F4N2O2/c16-10-3-1-9(2-4-10)13(8-20)12-6-5-11(21(22)23)7-14(12)15(17,18)19/h1-7,13H. The summed E-state index contributed by atoms with van der Waals surface area (Å²) < 4.78 is 52.5. The molecule has 0 bridgehead atoms. The first kappa shape index (κ1) is 16.4. The molecule has 0 saturated heterocycles. The fraction of sp³-hybridized carbons (Fsp3) is 0.133. The van der Waals surface area contributed by atoms with E-state index in [1.54, 1.807) is 6.07 Å². The number of hydrogen-bond acceptors (Lipinski definition) is 3. The summed E-state index contributed by atoms with van der Waals surface area (Å²) >= 11 is 0. The molecule has 0 radical (unpaired) electrons. The number of nitriles is 1. The average molecular weight is 324 g/mol. The summed E-state index contributed by atoms with van der Waals surface area (Å²) in [5, 5.41) is 19.9. The van der Waals surface area contributed by atoms with E-state index >= 15 is 0 Å². The first-order chi connectivity index (χ1) is 10.7. The van der Waals surface area contributed by atoms with Crippen LogP contribution in [0.1, 0.15) is 22.6 Å². The van der Waals surface area contributed by atoms with Crippen molar-refractivity contribution < 1.29 is 22.5 Å². The number of rotatable bonds is 3. The Morgan fingerprint density at radius 3 is 2.22 bits per heavy atom. The van der Waals surface area contributed by atoms with Crippen molar-refractivity contribution in [2.75, 3.05) is 0 Å². The maximum atomic E-state index is 13.2. The molecule has 1 unspecified atom stereocenters. The predicted octanol–water partition coefficient (Wildman–Crippen LogP) is 4.41. The number of nitro benzene ring substituents is 1. The molecule has 0 aliphatic carbocycles. The maximum Gasteiger partial charge on any atom is 0.416 e. The van der Waals surface area contributed by atoms with Gasteiger partial charge in [0.15, 0.2) is 0 Å². The van der Waals surface area contributed by atoms with E-state index in [-0.39, 0.29) is 5.56 Å². The molecule has 0 aromatic heterocycles. The Morgan fingerprint density at radius 1 is 1.13 bits per heavy atom. The van der Waals surface area contributed by atoms with Crippen molar-refractivity contribution >= 4 is 5.69 Å². The van der Waals surface area contributed by atoms with Crippen LogP contribution in [0.5, 0.6) is 0 Å². The zero-order valence-corrected chi connectivity index (χ0v) is 11.3. The lowest BCUT2D eigenvalue weighted by Crippen LogP contribution is -2.13. The minimum absolute atomic E-state index is 0.160. The van der Waals surface area contributed by atoms with Crippen LogP contribution in [0.3, 0.4) is 0 Å². The zero-order chi connectivity index (χ0) is 17.2. The molecule has 0 aliphatic rings. The van der Waals surface area contributed by atoms with Gasteiger partial charge in [0.1, 0.15) is 5.82 Å². The molecule has 0 N–H and O–H groups in total. The molecule has 8 heteroatoms. The molecule has 1 atom stereocenters. The number of non-ortho nitro benzene ring substituents is 1. The second-order valence-electron chi connectivity index (χ2n) is 4.64. The second-order valence-corrected chi connectivity index (χ2v) is 4.64. The minimum atomic E-state index is -4.86. The van der Waals surface area contributed by atoms with Crippen LogP contribution in [-0.4, -0.2) is 4.92 Å². The van der Waals surface area contributed by atoms with E-state index in [2.05, 4.69) is 0 Å². The van der Waals surface area contributed by atoms with Gasteiger partial charge < -0.3 is 0 Å². The maximum absolute atomic E-state index is 13.2. The molecule has 2 aromatic rings. The smallest absolute Gasteiger partial charge is 0.258 e. The van der Waals surface area contributed by atoms with E-state index in [0.717, 1.165) is 24.3 Å². The molecule has 2 aromatic carbocycles. The summed E-state index contributed by atoms with van der Waals surface area (Å²) in [5.41, 5.74) is -2.25. The summed E-state index contributed by atoms with van der Waals surface area (Å²) in [4.78, 5) is 9.72. The number of halogens is 4. The van der Waals surface area contributed by atoms with Crippen LogP contribution in [0.2, 0.25) is 0 Å². The van der Waals surface area contributed by atoms with Gasteiger partial charge in [-0.05, 0) is 29.3 Å². The quantitative estimate of drug-likeness (QED) is 0.477. The van der Waals surface area contributed by atoms with Gasteiger partial charge in [-0.25, -0.2) is 4.39 Å². The van der Waals surface area contributed by atoms with Crippen molar-refractivity contribution in [1.29, 1.82) is 5.26 Å². The van der Waals surface area contributed by atoms with E-state index in [4.69, 9.17) is 0 Å². The Balaban J connectivity index is 2.62. The molecule has 4 nitrogen and oxygen atoms in total. The summed E-state index contributed by atoms with van der Waals surface area (Å²) in [5.74, 6) is -1.92. The molecule has 23 heavy (non-hydrogen) atoms. The Hall–Kier alpha value is -2.95. The second kappa shape index (κ2) is 6.04. The fourth-order valence-electron chi connectivity index (χ4n) is 2.13. The zero-order valence-electron chi connectivity index (χ0n) is 11.3. The van der Waals surface area contributed by atoms with Crippen molar-refractivity contribution in [3.8, 4) is 6.07 Å². The summed E-state index contributed by atoms with van der Waals surface area (Å²) in [7, 11) is 0. The van der Waals surface area contributed by atoms with Crippen molar-refractivity contribution in [1.82, 2.24) is 0 Å². The molecule has 0 saturated carbocycles. The van der Waals surface area contributed by atoms with Crippen LogP contribution in [0, 0.1) is 27.3 Å². The molecule has 0 fully saturated rings. The third kappa shape index (κ3) is 3.45. The topological polar surface area (TPSA) is 66.9 Å². The summed E-state index contributed by atoms with van der Waals surface area (Å²) in [6, 6.07) is 8.37. The molecule has 0 heterocycles. The van der Waals surface area contributed by atoms with Gasteiger partial charge in [0.25, 0.3) is 5.69 Å². The molecule has 118 valence electrons. The average Bonchev–Trinajstić information content (AvgIpc) is 2.49.